The Labute approximate surface area is 93.0 Å². The molecule has 3 nitrogen and oxygen atoms in total. The molecular formula is C11H13N3S. The quantitative estimate of drug-likeness (QED) is 0.591. The second kappa shape index (κ2) is 4.06. The van der Waals surface area contributed by atoms with Gasteiger partial charge in [0.15, 0.2) is 0 Å². The van der Waals surface area contributed by atoms with Gasteiger partial charge in [0.1, 0.15) is 5.82 Å². The van der Waals surface area contributed by atoms with Crippen molar-refractivity contribution in [1.29, 1.82) is 0 Å². The molecule has 0 aliphatic rings. The maximum atomic E-state index is 4.36. The normalized spacial score (nSPS) is 12.3. The lowest BCUT2D eigenvalue weighted by molar-refractivity contribution is 1.17. The van der Waals surface area contributed by atoms with E-state index < -0.39 is 0 Å². The summed E-state index contributed by atoms with van der Waals surface area (Å²) in [4.78, 5) is 11.8. The van der Waals surface area contributed by atoms with Crippen LogP contribution in [0.2, 0.25) is 0 Å². The monoisotopic (exact) mass is 219 g/mol. The molecule has 78 valence electrons. The third kappa shape index (κ3) is 1.90. The van der Waals surface area contributed by atoms with Crippen molar-refractivity contribution in [1.82, 2.24) is 9.97 Å². The first kappa shape index (κ1) is 10.2. The highest BCUT2D eigenvalue weighted by molar-refractivity contribution is 8.13. The van der Waals surface area contributed by atoms with Crippen molar-refractivity contribution in [2.75, 3.05) is 13.3 Å². The maximum Gasteiger partial charge on any atom is 0.104 e. The van der Waals surface area contributed by atoms with Gasteiger partial charge in [-0.2, -0.15) is 0 Å². The van der Waals surface area contributed by atoms with Crippen LogP contribution in [-0.4, -0.2) is 28.3 Å². The summed E-state index contributed by atoms with van der Waals surface area (Å²) in [6.45, 7) is 1.96. The number of H-pyrrole nitrogens is 1. The lowest BCUT2D eigenvalue weighted by Crippen LogP contribution is -1.93. The fourth-order valence-electron chi connectivity index (χ4n) is 1.61. The van der Waals surface area contributed by atoms with E-state index in [1.165, 1.54) is 0 Å². The van der Waals surface area contributed by atoms with Crippen LogP contribution in [0.4, 0.5) is 0 Å². The van der Waals surface area contributed by atoms with Crippen LogP contribution in [0.15, 0.2) is 23.2 Å². The fraction of sp³-hybridized carbons (Fsp3) is 0.273. The summed E-state index contributed by atoms with van der Waals surface area (Å²) >= 11 is 1.65. The van der Waals surface area contributed by atoms with Gasteiger partial charge in [-0.1, -0.05) is 0 Å². The zero-order valence-corrected chi connectivity index (χ0v) is 9.85. The van der Waals surface area contributed by atoms with Crippen molar-refractivity contribution < 1.29 is 0 Å². The number of imidazole rings is 1. The largest absolute Gasteiger partial charge is 0.342 e. The number of fused-ring (bicyclic) bond motifs is 1. The molecule has 1 aromatic heterocycles. The smallest absolute Gasteiger partial charge is 0.104 e. The molecule has 2 aromatic rings. The number of nitrogens with one attached hydrogen (secondary N) is 1. The van der Waals surface area contributed by atoms with Crippen molar-refractivity contribution in [3.05, 3.63) is 29.6 Å². The zero-order valence-electron chi connectivity index (χ0n) is 9.03. The summed E-state index contributed by atoms with van der Waals surface area (Å²) in [5, 5.41) is 1.05. The molecule has 0 unspecified atom stereocenters. The van der Waals surface area contributed by atoms with Gasteiger partial charge in [0.05, 0.1) is 16.1 Å². The number of aromatic nitrogens is 2. The second-order valence-electron chi connectivity index (χ2n) is 3.29. The third-order valence-electron chi connectivity index (χ3n) is 2.24. The minimum Gasteiger partial charge on any atom is -0.342 e. The first-order valence-electron chi connectivity index (χ1n) is 4.72. The van der Waals surface area contributed by atoms with E-state index in [2.05, 4.69) is 27.1 Å². The summed E-state index contributed by atoms with van der Waals surface area (Å²) in [6.07, 6.45) is 2.03. The van der Waals surface area contributed by atoms with Gasteiger partial charge in [0.2, 0.25) is 0 Å². The summed E-state index contributed by atoms with van der Waals surface area (Å²) in [5.41, 5.74) is 3.22. The van der Waals surface area contributed by atoms with E-state index >= 15 is 0 Å². The molecule has 1 aromatic carbocycles. The van der Waals surface area contributed by atoms with Gasteiger partial charge in [0, 0.05) is 12.6 Å². The minimum atomic E-state index is 0.946. The van der Waals surface area contributed by atoms with Crippen molar-refractivity contribution in [3.8, 4) is 0 Å². The molecule has 1 heterocycles. The van der Waals surface area contributed by atoms with E-state index in [4.69, 9.17) is 0 Å². The van der Waals surface area contributed by atoms with Crippen molar-refractivity contribution >= 4 is 27.8 Å². The molecule has 0 saturated carbocycles. The number of aliphatic imine (C=N–C) groups is 1. The molecule has 0 spiro atoms. The lowest BCUT2D eigenvalue weighted by atomic mass is 10.2. The Bertz CT molecular complexity index is 514. The predicted octanol–water partition coefficient (Wildman–Crippen LogP) is 2.61. The zero-order chi connectivity index (χ0) is 10.8. The SMILES string of the molecule is CN=C(SC)c1ccc2nc(C)[nH]c2c1. The van der Waals surface area contributed by atoms with E-state index in [0.29, 0.717) is 0 Å². The minimum absolute atomic E-state index is 0.946. The predicted molar refractivity (Wildman–Crippen MR) is 66.8 cm³/mol. The van der Waals surface area contributed by atoms with Crippen LogP contribution < -0.4 is 0 Å². The highest BCUT2D eigenvalue weighted by Crippen LogP contribution is 2.17. The van der Waals surface area contributed by atoms with Crippen LogP contribution in [0.25, 0.3) is 11.0 Å². The number of benzene rings is 1. The van der Waals surface area contributed by atoms with E-state index in [1.54, 1.807) is 11.8 Å². The first-order valence-corrected chi connectivity index (χ1v) is 5.94. The van der Waals surface area contributed by atoms with Crippen LogP contribution in [0, 0.1) is 6.92 Å². The van der Waals surface area contributed by atoms with Gasteiger partial charge in [-0.3, -0.25) is 4.99 Å². The van der Waals surface area contributed by atoms with E-state index in [-0.39, 0.29) is 0 Å². The Hall–Kier alpha value is -1.29. The summed E-state index contributed by atoms with van der Waals surface area (Å²) in [6, 6.07) is 6.17. The standard InChI is InChI=1S/C11H13N3S/c1-7-13-9-5-4-8(6-10(9)14-7)11(12-2)15-3/h4-6H,1-3H3,(H,13,14). The topological polar surface area (TPSA) is 41.0 Å². The Morgan fingerprint density at radius 2 is 2.27 bits per heavy atom. The van der Waals surface area contributed by atoms with Crippen molar-refractivity contribution in [3.63, 3.8) is 0 Å². The number of hydrogen-bond acceptors (Lipinski definition) is 3. The Morgan fingerprint density at radius 1 is 1.47 bits per heavy atom. The van der Waals surface area contributed by atoms with Gasteiger partial charge in [-0.15, -0.1) is 11.8 Å². The molecule has 0 fully saturated rings. The molecule has 0 aliphatic heterocycles. The van der Waals surface area contributed by atoms with Crippen LogP contribution in [0.5, 0.6) is 0 Å². The number of nitrogens with zero attached hydrogens (tertiary/aromatic N) is 2. The van der Waals surface area contributed by atoms with E-state index in [1.807, 2.05) is 26.3 Å². The van der Waals surface area contributed by atoms with Gasteiger partial charge < -0.3 is 4.98 Å². The lowest BCUT2D eigenvalue weighted by Gasteiger charge is -2.01. The van der Waals surface area contributed by atoms with E-state index in [9.17, 15) is 0 Å². The molecule has 0 amide bonds. The first-order chi connectivity index (χ1) is 7.24. The summed E-state index contributed by atoms with van der Waals surface area (Å²) in [5.74, 6) is 0.946. The van der Waals surface area contributed by atoms with Crippen molar-refractivity contribution in [2.24, 2.45) is 4.99 Å². The van der Waals surface area contributed by atoms with Crippen LogP contribution in [-0.2, 0) is 0 Å². The van der Waals surface area contributed by atoms with Gasteiger partial charge in [0.25, 0.3) is 0 Å². The molecule has 4 heteroatoms. The number of aromatic amines is 1. The molecule has 0 bridgehead atoms. The highest BCUT2D eigenvalue weighted by atomic mass is 32.2. The van der Waals surface area contributed by atoms with E-state index in [0.717, 1.165) is 27.5 Å². The second-order valence-corrected chi connectivity index (χ2v) is 4.08. The number of thioether (sulfide) groups is 1. The average Bonchev–Trinajstić information content (AvgIpc) is 2.59. The fourth-order valence-corrected chi connectivity index (χ4v) is 2.15. The van der Waals surface area contributed by atoms with Crippen molar-refractivity contribution in [2.45, 2.75) is 6.92 Å². The molecular weight excluding hydrogens is 206 g/mol. The molecule has 0 saturated heterocycles. The molecule has 0 radical (unpaired) electrons. The Kier molecular flexibility index (Phi) is 2.77. The summed E-state index contributed by atoms with van der Waals surface area (Å²) in [7, 11) is 1.81. The molecule has 15 heavy (non-hydrogen) atoms. The van der Waals surface area contributed by atoms with Crippen LogP contribution in [0.1, 0.15) is 11.4 Å². The molecule has 2 rings (SSSR count). The van der Waals surface area contributed by atoms with Gasteiger partial charge in [-0.05, 0) is 31.4 Å². The van der Waals surface area contributed by atoms with Crippen LogP contribution in [0.3, 0.4) is 0 Å². The molecule has 0 atom stereocenters. The number of rotatable bonds is 1. The third-order valence-corrected chi connectivity index (χ3v) is 3.05. The van der Waals surface area contributed by atoms with Crippen LogP contribution >= 0.6 is 11.8 Å². The Morgan fingerprint density at radius 3 is 2.93 bits per heavy atom. The molecule has 1 N–H and O–H groups in total. The number of aryl methyl sites for hydroxylation is 1. The maximum absolute atomic E-state index is 4.36. The van der Waals surface area contributed by atoms with Gasteiger partial charge >= 0.3 is 0 Å². The highest BCUT2D eigenvalue weighted by Gasteiger charge is 2.04. The average molecular weight is 219 g/mol. The summed E-state index contributed by atoms with van der Waals surface area (Å²) < 4.78 is 0. The number of hydrogen-bond donors (Lipinski definition) is 1. The Balaban J connectivity index is 2.55. The van der Waals surface area contributed by atoms with Gasteiger partial charge in [-0.25, -0.2) is 4.98 Å². The molecule has 0 aliphatic carbocycles.